The van der Waals surface area contributed by atoms with Crippen LogP contribution in [-0.4, -0.2) is 26.2 Å². The maximum absolute atomic E-state index is 12.6. The third-order valence-electron chi connectivity index (χ3n) is 6.34. The number of carbonyl (C=O) groups is 2. The molecule has 3 aliphatic rings. The molecule has 0 N–H and O–H groups in total. The molecule has 0 aromatic rings. The van der Waals surface area contributed by atoms with Gasteiger partial charge in [0, 0.05) is 0 Å². The van der Waals surface area contributed by atoms with E-state index in [0.29, 0.717) is 18.3 Å². The van der Waals surface area contributed by atoms with E-state index in [1.807, 2.05) is 0 Å². The zero-order valence-corrected chi connectivity index (χ0v) is 13.3. The molecule has 0 spiro atoms. The molecule has 0 aromatic carbocycles. The number of fused-ring (bicyclic) bond motifs is 3. The second kappa shape index (κ2) is 4.59. The second-order valence-electron chi connectivity index (χ2n) is 7.26. The highest BCUT2D eigenvalue weighted by molar-refractivity contribution is 6.01. The molecule has 0 bridgehead atoms. The SMILES string of the molecule is COC(=O)C1(C(=O)OC)CC[C@]2(C)C[C@H]3CC=C(C)[C@H]3[C@H]12. The van der Waals surface area contributed by atoms with Gasteiger partial charge >= 0.3 is 11.9 Å². The van der Waals surface area contributed by atoms with Crippen molar-refractivity contribution in [1.82, 2.24) is 0 Å². The van der Waals surface area contributed by atoms with E-state index in [1.54, 1.807) is 0 Å². The van der Waals surface area contributed by atoms with Gasteiger partial charge in [-0.3, -0.25) is 9.59 Å². The number of ether oxygens (including phenoxy) is 2. The van der Waals surface area contributed by atoms with Gasteiger partial charge in [-0.2, -0.15) is 0 Å². The Hall–Kier alpha value is -1.32. The third-order valence-corrected chi connectivity index (χ3v) is 6.34. The third kappa shape index (κ3) is 1.68. The molecule has 116 valence electrons. The molecule has 0 amide bonds. The molecule has 4 nitrogen and oxygen atoms in total. The number of rotatable bonds is 2. The van der Waals surface area contributed by atoms with E-state index in [9.17, 15) is 9.59 Å². The highest BCUT2D eigenvalue weighted by atomic mass is 16.5. The summed E-state index contributed by atoms with van der Waals surface area (Å²) >= 11 is 0. The molecular weight excluding hydrogens is 268 g/mol. The summed E-state index contributed by atoms with van der Waals surface area (Å²) in [5, 5.41) is 0. The first-order valence-electron chi connectivity index (χ1n) is 7.74. The topological polar surface area (TPSA) is 52.6 Å². The van der Waals surface area contributed by atoms with Crippen LogP contribution in [0.4, 0.5) is 0 Å². The van der Waals surface area contributed by atoms with Crippen LogP contribution in [-0.2, 0) is 19.1 Å². The molecule has 0 radical (unpaired) electrons. The molecule has 4 atom stereocenters. The maximum atomic E-state index is 12.6. The summed E-state index contributed by atoms with van der Waals surface area (Å²) in [5.74, 6) is 0.0604. The van der Waals surface area contributed by atoms with Crippen molar-refractivity contribution in [2.24, 2.45) is 28.6 Å². The van der Waals surface area contributed by atoms with Gasteiger partial charge in [-0.25, -0.2) is 0 Å². The van der Waals surface area contributed by atoms with Crippen LogP contribution in [0.5, 0.6) is 0 Å². The van der Waals surface area contributed by atoms with Crippen LogP contribution in [0.3, 0.4) is 0 Å². The van der Waals surface area contributed by atoms with Crippen LogP contribution < -0.4 is 0 Å². The molecule has 3 rings (SSSR count). The average Bonchev–Trinajstić information content (AvgIpc) is 3.05. The molecule has 2 saturated carbocycles. The van der Waals surface area contributed by atoms with Gasteiger partial charge in [-0.15, -0.1) is 0 Å². The average molecular weight is 292 g/mol. The fraction of sp³-hybridized carbons (Fsp3) is 0.765. The van der Waals surface area contributed by atoms with Gasteiger partial charge in [0.05, 0.1) is 14.2 Å². The number of hydrogen-bond donors (Lipinski definition) is 0. The Morgan fingerprint density at radius 2 is 1.81 bits per heavy atom. The van der Waals surface area contributed by atoms with Gasteiger partial charge in [0.1, 0.15) is 0 Å². The monoisotopic (exact) mass is 292 g/mol. The highest BCUT2D eigenvalue weighted by Gasteiger charge is 2.70. The maximum Gasteiger partial charge on any atom is 0.323 e. The number of carbonyl (C=O) groups excluding carboxylic acids is 2. The lowest BCUT2D eigenvalue weighted by Crippen LogP contribution is -2.48. The van der Waals surface area contributed by atoms with Crippen LogP contribution in [0.1, 0.15) is 39.5 Å². The Labute approximate surface area is 125 Å². The van der Waals surface area contributed by atoms with Crippen molar-refractivity contribution < 1.29 is 19.1 Å². The summed E-state index contributed by atoms with van der Waals surface area (Å²) in [5.41, 5.74) is 0.248. The van der Waals surface area contributed by atoms with Gasteiger partial charge in [-0.1, -0.05) is 18.6 Å². The van der Waals surface area contributed by atoms with Crippen LogP contribution in [0.15, 0.2) is 11.6 Å². The molecule has 0 saturated heterocycles. The Morgan fingerprint density at radius 3 is 2.38 bits per heavy atom. The zero-order valence-electron chi connectivity index (χ0n) is 13.3. The summed E-state index contributed by atoms with van der Waals surface area (Å²) in [7, 11) is 2.74. The summed E-state index contributed by atoms with van der Waals surface area (Å²) < 4.78 is 10.1. The molecular formula is C17H24O4. The van der Waals surface area contributed by atoms with Crippen molar-refractivity contribution in [2.45, 2.75) is 39.5 Å². The van der Waals surface area contributed by atoms with Crippen molar-refractivity contribution in [1.29, 1.82) is 0 Å². The molecule has 0 aliphatic heterocycles. The number of esters is 2. The number of hydrogen-bond acceptors (Lipinski definition) is 4. The fourth-order valence-electron chi connectivity index (χ4n) is 5.60. The van der Waals surface area contributed by atoms with E-state index in [1.165, 1.54) is 19.8 Å². The van der Waals surface area contributed by atoms with E-state index in [2.05, 4.69) is 19.9 Å². The van der Waals surface area contributed by atoms with Gasteiger partial charge < -0.3 is 9.47 Å². The second-order valence-corrected chi connectivity index (χ2v) is 7.26. The standard InChI is InChI=1S/C17H24O4/c1-10-5-6-11-9-16(2)7-8-17(14(18)20-3,15(19)21-4)13(16)12(10)11/h5,11-13H,6-9H2,1-4H3/t11-,12-,13+,16-/m1/s1. The normalized spacial score (nSPS) is 39.4. The smallest absolute Gasteiger partial charge is 0.323 e. The Morgan fingerprint density at radius 1 is 1.19 bits per heavy atom. The van der Waals surface area contributed by atoms with Gasteiger partial charge in [-0.05, 0) is 55.8 Å². The van der Waals surface area contributed by atoms with E-state index in [0.717, 1.165) is 19.3 Å². The Balaban J connectivity index is 2.12. The van der Waals surface area contributed by atoms with Crippen molar-refractivity contribution >= 4 is 11.9 Å². The molecule has 0 unspecified atom stereocenters. The summed E-state index contributed by atoms with van der Waals surface area (Å²) in [6.07, 6.45) is 5.87. The minimum Gasteiger partial charge on any atom is -0.468 e. The Kier molecular flexibility index (Phi) is 3.19. The predicted molar refractivity (Wildman–Crippen MR) is 77.3 cm³/mol. The Bertz CT molecular complexity index is 505. The van der Waals surface area contributed by atoms with Gasteiger partial charge in [0.15, 0.2) is 5.41 Å². The van der Waals surface area contributed by atoms with Crippen molar-refractivity contribution in [3.05, 3.63) is 11.6 Å². The minimum absolute atomic E-state index is 0.00801. The molecule has 0 aromatic heterocycles. The van der Waals surface area contributed by atoms with Crippen molar-refractivity contribution in [3.63, 3.8) is 0 Å². The molecule has 3 aliphatic carbocycles. The minimum atomic E-state index is -1.11. The van der Waals surface area contributed by atoms with Crippen LogP contribution in [0, 0.1) is 28.6 Å². The van der Waals surface area contributed by atoms with E-state index in [-0.39, 0.29) is 11.3 Å². The largest absolute Gasteiger partial charge is 0.468 e. The quantitative estimate of drug-likeness (QED) is 0.446. The molecule has 2 fully saturated rings. The molecule has 0 heterocycles. The lowest BCUT2D eigenvalue weighted by Gasteiger charge is -2.37. The van der Waals surface area contributed by atoms with Crippen LogP contribution in [0.2, 0.25) is 0 Å². The lowest BCUT2D eigenvalue weighted by atomic mass is 9.66. The number of allylic oxidation sites excluding steroid dienone is 2. The first kappa shape index (κ1) is 14.6. The molecule has 4 heteroatoms. The van der Waals surface area contributed by atoms with Crippen LogP contribution in [0.25, 0.3) is 0 Å². The molecule has 21 heavy (non-hydrogen) atoms. The first-order valence-corrected chi connectivity index (χ1v) is 7.74. The highest BCUT2D eigenvalue weighted by Crippen LogP contribution is 2.69. The van der Waals surface area contributed by atoms with E-state index >= 15 is 0 Å². The van der Waals surface area contributed by atoms with E-state index < -0.39 is 17.4 Å². The van der Waals surface area contributed by atoms with Crippen molar-refractivity contribution in [2.75, 3.05) is 14.2 Å². The first-order chi connectivity index (χ1) is 9.90. The predicted octanol–water partition coefficient (Wildman–Crippen LogP) is 2.72. The van der Waals surface area contributed by atoms with E-state index in [4.69, 9.17) is 9.47 Å². The summed E-state index contributed by atoms with van der Waals surface area (Å²) in [4.78, 5) is 25.1. The number of methoxy groups -OCH3 is 2. The van der Waals surface area contributed by atoms with Gasteiger partial charge in [0.2, 0.25) is 0 Å². The van der Waals surface area contributed by atoms with Gasteiger partial charge in [0.25, 0.3) is 0 Å². The zero-order chi connectivity index (χ0) is 15.4. The lowest BCUT2D eigenvalue weighted by molar-refractivity contribution is -0.174. The van der Waals surface area contributed by atoms with Crippen molar-refractivity contribution in [3.8, 4) is 0 Å². The fourth-order valence-corrected chi connectivity index (χ4v) is 5.60. The van der Waals surface area contributed by atoms with Crippen LogP contribution >= 0.6 is 0 Å². The summed E-state index contributed by atoms with van der Waals surface area (Å²) in [6, 6.07) is 0. The summed E-state index contributed by atoms with van der Waals surface area (Å²) in [6.45, 7) is 4.37.